The Morgan fingerprint density at radius 3 is 2.65 bits per heavy atom. The maximum atomic E-state index is 12.4. The first-order chi connectivity index (χ1) is 11.2. The maximum absolute atomic E-state index is 12.4. The van der Waals surface area contributed by atoms with Crippen LogP contribution in [0.25, 0.3) is 0 Å². The Morgan fingerprint density at radius 1 is 1.22 bits per heavy atom. The number of methoxy groups -OCH3 is 2. The maximum Gasteiger partial charge on any atom is 0.267 e. The summed E-state index contributed by atoms with van der Waals surface area (Å²) in [6, 6.07) is 5.53. The molecule has 1 aromatic carbocycles. The zero-order valence-corrected chi connectivity index (χ0v) is 13.3. The summed E-state index contributed by atoms with van der Waals surface area (Å²) in [5, 5.41) is 4.08. The standard InChI is InChI=1S/C16H20N2O5/c1-20-13-4-3-11(9-14(13)21-2)12-10-15(23-17-12)16(19)18-5-7-22-8-6-18/h3-4,9,15H,5-8,10H2,1-2H3/t15-/m1/s1. The van der Waals surface area contributed by atoms with Crippen LogP contribution >= 0.6 is 0 Å². The van der Waals surface area contributed by atoms with Crippen molar-refractivity contribution in [1.29, 1.82) is 0 Å². The molecule has 2 aliphatic rings. The summed E-state index contributed by atoms with van der Waals surface area (Å²) in [7, 11) is 3.17. The van der Waals surface area contributed by atoms with E-state index in [-0.39, 0.29) is 5.91 Å². The monoisotopic (exact) mass is 320 g/mol. The van der Waals surface area contributed by atoms with Crippen molar-refractivity contribution in [3.63, 3.8) is 0 Å². The molecule has 1 atom stereocenters. The molecule has 1 aromatic rings. The van der Waals surface area contributed by atoms with Crippen molar-refractivity contribution in [2.45, 2.75) is 12.5 Å². The molecule has 0 saturated carbocycles. The van der Waals surface area contributed by atoms with Gasteiger partial charge in [0, 0.05) is 25.1 Å². The van der Waals surface area contributed by atoms with Gasteiger partial charge in [-0.1, -0.05) is 5.16 Å². The van der Waals surface area contributed by atoms with E-state index in [0.29, 0.717) is 44.2 Å². The smallest absolute Gasteiger partial charge is 0.267 e. The fourth-order valence-electron chi connectivity index (χ4n) is 2.68. The Bertz CT molecular complexity index is 610. The second-order valence-corrected chi connectivity index (χ2v) is 5.34. The number of amides is 1. The predicted octanol–water partition coefficient (Wildman–Crippen LogP) is 1.06. The van der Waals surface area contributed by atoms with Gasteiger partial charge in [0.05, 0.1) is 33.1 Å². The third-order valence-electron chi connectivity index (χ3n) is 3.98. The first-order valence-corrected chi connectivity index (χ1v) is 7.54. The van der Waals surface area contributed by atoms with Gasteiger partial charge < -0.3 is 23.9 Å². The summed E-state index contributed by atoms with van der Waals surface area (Å²) in [5.74, 6) is 1.24. The predicted molar refractivity (Wildman–Crippen MR) is 83.0 cm³/mol. The number of morpholine rings is 1. The fraction of sp³-hybridized carbons (Fsp3) is 0.500. The number of nitrogens with zero attached hydrogens (tertiary/aromatic N) is 2. The lowest BCUT2D eigenvalue weighted by Gasteiger charge is -2.28. The lowest BCUT2D eigenvalue weighted by atomic mass is 10.0. The van der Waals surface area contributed by atoms with E-state index in [9.17, 15) is 4.79 Å². The summed E-state index contributed by atoms with van der Waals surface area (Å²) in [5.41, 5.74) is 1.59. The zero-order valence-electron chi connectivity index (χ0n) is 13.3. The fourth-order valence-corrected chi connectivity index (χ4v) is 2.68. The van der Waals surface area contributed by atoms with Crippen molar-refractivity contribution >= 4 is 11.6 Å². The molecule has 1 saturated heterocycles. The van der Waals surface area contributed by atoms with Crippen LogP contribution in [0.4, 0.5) is 0 Å². The molecule has 124 valence electrons. The quantitative estimate of drug-likeness (QED) is 0.829. The second kappa shape index (κ2) is 6.87. The molecule has 0 bridgehead atoms. The second-order valence-electron chi connectivity index (χ2n) is 5.34. The van der Waals surface area contributed by atoms with Crippen LogP contribution < -0.4 is 9.47 Å². The number of oxime groups is 1. The Labute approximate surface area is 134 Å². The molecule has 0 aromatic heterocycles. The van der Waals surface area contributed by atoms with Gasteiger partial charge in [0.2, 0.25) is 6.10 Å². The van der Waals surface area contributed by atoms with Crippen LogP contribution in [0, 0.1) is 0 Å². The zero-order chi connectivity index (χ0) is 16.2. The van der Waals surface area contributed by atoms with E-state index in [0.717, 1.165) is 11.3 Å². The number of hydrogen-bond acceptors (Lipinski definition) is 6. The van der Waals surface area contributed by atoms with Crippen molar-refractivity contribution in [1.82, 2.24) is 4.90 Å². The minimum Gasteiger partial charge on any atom is -0.493 e. The van der Waals surface area contributed by atoms with Gasteiger partial charge in [-0.3, -0.25) is 4.79 Å². The van der Waals surface area contributed by atoms with Crippen molar-refractivity contribution in [3.05, 3.63) is 23.8 Å². The number of rotatable bonds is 4. The topological polar surface area (TPSA) is 69.6 Å². The summed E-state index contributed by atoms with van der Waals surface area (Å²) >= 11 is 0. The molecule has 7 nitrogen and oxygen atoms in total. The Morgan fingerprint density at radius 2 is 1.96 bits per heavy atom. The van der Waals surface area contributed by atoms with Crippen LogP contribution in [0.3, 0.4) is 0 Å². The largest absolute Gasteiger partial charge is 0.493 e. The van der Waals surface area contributed by atoms with Gasteiger partial charge in [0.15, 0.2) is 11.5 Å². The third kappa shape index (κ3) is 3.24. The number of ether oxygens (including phenoxy) is 3. The van der Waals surface area contributed by atoms with E-state index >= 15 is 0 Å². The molecule has 2 aliphatic heterocycles. The minimum absolute atomic E-state index is 0.0347. The highest BCUT2D eigenvalue weighted by Crippen LogP contribution is 2.29. The van der Waals surface area contributed by atoms with Crippen LogP contribution in [0.2, 0.25) is 0 Å². The average molecular weight is 320 g/mol. The van der Waals surface area contributed by atoms with Crippen molar-refractivity contribution in [2.75, 3.05) is 40.5 Å². The van der Waals surface area contributed by atoms with Gasteiger partial charge in [-0.15, -0.1) is 0 Å². The molecule has 7 heteroatoms. The SMILES string of the molecule is COc1ccc(C2=NO[C@@H](C(=O)N3CCOCC3)C2)cc1OC. The Hall–Kier alpha value is -2.28. The normalized spacial score (nSPS) is 20.7. The van der Waals surface area contributed by atoms with Gasteiger partial charge in [-0.05, 0) is 18.2 Å². The lowest BCUT2D eigenvalue weighted by Crippen LogP contribution is -2.45. The Balaban J connectivity index is 1.68. The van der Waals surface area contributed by atoms with E-state index in [4.69, 9.17) is 19.0 Å². The molecular weight excluding hydrogens is 300 g/mol. The molecule has 0 radical (unpaired) electrons. The van der Waals surface area contributed by atoms with Crippen LogP contribution in [-0.4, -0.2) is 63.1 Å². The van der Waals surface area contributed by atoms with Crippen LogP contribution in [0.1, 0.15) is 12.0 Å². The highest BCUT2D eigenvalue weighted by molar-refractivity contribution is 6.04. The molecule has 1 amide bonds. The molecule has 0 spiro atoms. The van der Waals surface area contributed by atoms with Gasteiger partial charge in [-0.2, -0.15) is 0 Å². The van der Waals surface area contributed by atoms with Gasteiger partial charge in [-0.25, -0.2) is 0 Å². The molecule has 1 fully saturated rings. The minimum atomic E-state index is -0.559. The van der Waals surface area contributed by atoms with E-state index < -0.39 is 6.10 Å². The van der Waals surface area contributed by atoms with Crippen LogP contribution in [0.5, 0.6) is 11.5 Å². The summed E-state index contributed by atoms with van der Waals surface area (Å²) in [6.45, 7) is 2.35. The first kappa shape index (κ1) is 15.6. The van der Waals surface area contributed by atoms with Crippen molar-refractivity contribution in [2.24, 2.45) is 5.16 Å². The number of carbonyl (C=O) groups excluding carboxylic acids is 1. The van der Waals surface area contributed by atoms with E-state index in [1.54, 1.807) is 19.1 Å². The third-order valence-corrected chi connectivity index (χ3v) is 3.98. The number of hydrogen-bond donors (Lipinski definition) is 0. The molecule has 0 unspecified atom stereocenters. The van der Waals surface area contributed by atoms with E-state index in [2.05, 4.69) is 5.16 Å². The molecule has 0 aliphatic carbocycles. The van der Waals surface area contributed by atoms with Gasteiger partial charge >= 0.3 is 0 Å². The van der Waals surface area contributed by atoms with Gasteiger partial charge in [0.25, 0.3) is 5.91 Å². The van der Waals surface area contributed by atoms with Crippen molar-refractivity contribution in [3.8, 4) is 11.5 Å². The average Bonchev–Trinajstić information content (AvgIpc) is 3.11. The highest BCUT2D eigenvalue weighted by atomic mass is 16.6. The van der Waals surface area contributed by atoms with Crippen LogP contribution in [-0.2, 0) is 14.4 Å². The van der Waals surface area contributed by atoms with E-state index in [1.165, 1.54) is 0 Å². The summed E-state index contributed by atoms with van der Waals surface area (Å²) in [4.78, 5) is 19.5. The molecular formula is C16H20N2O5. The van der Waals surface area contributed by atoms with E-state index in [1.807, 2.05) is 18.2 Å². The highest BCUT2D eigenvalue weighted by Gasteiger charge is 2.33. The summed E-state index contributed by atoms with van der Waals surface area (Å²) in [6.07, 6.45) is -0.109. The molecule has 2 heterocycles. The number of carbonyl (C=O) groups is 1. The van der Waals surface area contributed by atoms with Crippen molar-refractivity contribution < 1.29 is 23.8 Å². The molecule has 0 N–H and O–H groups in total. The number of benzene rings is 1. The molecule has 23 heavy (non-hydrogen) atoms. The summed E-state index contributed by atoms with van der Waals surface area (Å²) < 4.78 is 15.8. The lowest BCUT2D eigenvalue weighted by molar-refractivity contribution is -0.146. The first-order valence-electron chi connectivity index (χ1n) is 7.54. The van der Waals surface area contributed by atoms with Gasteiger partial charge in [0.1, 0.15) is 0 Å². The Kier molecular flexibility index (Phi) is 4.66. The van der Waals surface area contributed by atoms with Crippen LogP contribution in [0.15, 0.2) is 23.4 Å². The molecule has 3 rings (SSSR count).